The molecule has 12 bridgehead atoms. The molecule has 0 saturated carbocycles. The molecule has 8 N–H and O–H groups in total. The van der Waals surface area contributed by atoms with Crippen molar-refractivity contribution < 1.29 is 20.0 Å². The standard InChI is InChI=1S/C46H58N6O4/c1-11-28-24(7)39-41-26(9)30(13-3)43(51-41)44-31(14-4)27(10)42(52-44)40-25(8)29(12-2)37(50-40)21-35-23(6)33(17-18-38(54)56-55)46(48-35)45-32(16-15-19-53)22(5)34(47-45)20-36(28)49-39/h20-21,47-53,55H,11-19H2,1-10H3. The number of H-pyrrole nitrogens is 6. The molecule has 0 aliphatic rings. The molecule has 0 amide bonds. The number of aliphatic hydroxyl groups is 1. The van der Waals surface area contributed by atoms with Gasteiger partial charge in [-0.25, -0.2) is 4.79 Å². The molecule has 7 aromatic heterocycles. The van der Waals surface area contributed by atoms with Gasteiger partial charge in [-0.05, 0) is 165 Å². The maximum Gasteiger partial charge on any atom is 0.342 e. The molecule has 10 nitrogen and oxygen atoms in total. The Morgan fingerprint density at radius 1 is 0.482 bits per heavy atom. The van der Waals surface area contributed by atoms with Gasteiger partial charge in [-0.1, -0.05) is 27.7 Å². The molecule has 0 radical (unpaired) electrons. The molecular weight excluding hydrogens is 701 g/mol. The molecule has 7 aromatic rings. The van der Waals surface area contributed by atoms with E-state index in [4.69, 9.17) is 5.26 Å². The molecule has 7 rings (SSSR count). The summed E-state index contributed by atoms with van der Waals surface area (Å²) in [4.78, 5) is 39.6. The van der Waals surface area contributed by atoms with Crippen LogP contribution in [0.4, 0.5) is 0 Å². The maximum atomic E-state index is 12.3. The Balaban J connectivity index is 1.76. The van der Waals surface area contributed by atoms with E-state index in [1.807, 2.05) is 0 Å². The van der Waals surface area contributed by atoms with Crippen LogP contribution in [0.2, 0.25) is 0 Å². The van der Waals surface area contributed by atoms with Crippen molar-refractivity contribution in [3.8, 4) is 0 Å². The predicted molar refractivity (Wildman–Crippen MR) is 231 cm³/mol. The van der Waals surface area contributed by atoms with Gasteiger partial charge in [0.25, 0.3) is 0 Å². The molecular formula is C46H58N6O4. The maximum absolute atomic E-state index is 12.3. The molecule has 0 saturated heterocycles. The molecule has 0 aliphatic heterocycles. The molecule has 0 atom stereocenters. The quantitative estimate of drug-likeness (QED) is 0.0515. The second kappa shape index (κ2) is 15.4. The lowest BCUT2D eigenvalue weighted by Crippen LogP contribution is -2.02. The van der Waals surface area contributed by atoms with E-state index in [1.165, 1.54) is 44.5 Å². The van der Waals surface area contributed by atoms with Crippen molar-refractivity contribution in [3.05, 3.63) is 78.9 Å². The third kappa shape index (κ3) is 6.23. The Labute approximate surface area is 327 Å². The van der Waals surface area contributed by atoms with Crippen LogP contribution >= 0.6 is 0 Å². The largest absolute Gasteiger partial charge is 0.396 e. The minimum Gasteiger partial charge on any atom is -0.396 e. The number of hydrogen-bond donors (Lipinski definition) is 8. The monoisotopic (exact) mass is 758 g/mol. The molecule has 0 aliphatic carbocycles. The van der Waals surface area contributed by atoms with Crippen LogP contribution in [0.5, 0.6) is 0 Å². The third-order valence-corrected chi connectivity index (χ3v) is 12.7. The average molecular weight is 759 g/mol. The number of aromatic nitrogens is 6. The highest BCUT2D eigenvalue weighted by Crippen LogP contribution is 2.36. The zero-order chi connectivity index (χ0) is 40.2. The summed E-state index contributed by atoms with van der Waals surface area (Å²) in [7, 11) is 0. The van der Waals surface area contributed by atoms with Crippen molar-refractivity contribution in [3.63, 3.8) is 0 Å². The van der Waals surface area contributed by atoms with Crippen molar-refractivity contribution in [2.24, 2.45) is 0 Å². The fourth-order valence-corrected chi connectivity index (χ4v) is 9.51. The van der Waals surface area contributed by atoms with Crippen molar-refractivity contribution in [2.45, 2.75) is 121 Å². The van der Waals surface area contributed by atoms with E-state index < -0.39 is 5.97 Å². The zero-order valence-electron chi connectivity index (χ0n) is 34.7. The fraction of sp³-hybridized carbons (Fsp3) is 0.413. The Bertz CT molecular complexity index is 2810. The van der Waals surface area contributed by atoms with Gasteiger partial charge in [0.15, 0.2) is 0 Å². The lowest BCUT2D eigenvalue weighted by Gasteiger charge is -2.03. The summed E-state index contributed by atoms with van der Waals surface area (Å²) in [5.74, 6) is -0.679. The number of aliphatic hydroxyl groups excluding tert-OH is 1. The Morgan fingerprint density at radius 3 is 1.23 bits per heavy atom. The second-order valence-corrected chi connectivity index (χ2v) is 15.5. The first-order valence-corrected chi connectivity index (χ1v) is 20.4. The van der Waals surface area contributed by atoms with E-state index in [9.17, 15) is 9.90 Å². The number of carbonyl (C=O) groups excluding carboxylic acids is 1. The third-order valence-electron chi connectivity index (χ3n) is 12.7. The van der Waals surface area contributed by atoms with Crippen LogP contribution in [0.3, 0.4) is 0 Å². The molecule has 10 heteroatoms. The molecule has 0 unspecified atom stereocenters. The summed E-state index contributed by atoms with van der Waals surface area (Å²) in [6.45, 7) is 22.1. The summed E-state index contributed by atoms with van der Waals surface area (Å²) >= 11 is 0. The molecule has 7 heterocycles. The minimum absolute atomic E-state index is 0.0241. The molecule has 0 spiro atoms. The van der Waals surface area contributed by atoms with Crippen molar-refractivity contribution in [1.29, 1.82) is 0 Å². The number of fused-ring (bicyclic) bond motifs is 16. The van der Waals surface area contributed by atoms with Gasteiger partial charge in [0.1, 0.15) is 0 Å². The summed E-state index contributed by atoms with van der Waals surface area (Å²) in [5.41, 5.74) is 26.8. The van der Waals surface area contributed by atoms with Gasteiger partial charge in [0.2, 0.25) is 0 Å². The van der Waals surface area contributed by atoms with Crippen LogP contribution in [0.15, 0.2) is 12.1 Å². The van der Waals surface area contributed by atoms with Gasteiger partial charge in [-0.2, -0.15) is 5.26 Å². The summed E-state index contributed by atoms with van der Waals surface area (Å²) in [5, 5.41) is 19.2. The minimum atomic E-state index is -0.679. The number of rotatable bonds is 10. The number of nitrogens with one attached hydrogen (secondary N) is 6. The van der Waals surface area contributed by atoms with Gasteiger partial charge >= 0.3 is 5.97 Å². The molecule has 56 heavy (non-hydrogen) atoms. The van der Waals surface area contributed by atoms with Crippen LogP contribution < -0.4 is 0 Å². The smallest absolute Gasteiger partial charge is 0.342 e. The van der Waals surface area contributed by atoms with Gasteiger partial charge in [-0.15, -0.1) is 0 Å². The SMILES string of the molecule is CCc1c(C)c2[nH]c1cc1[nH]c(c(CCCO)c1C)c1[nH]c(cc3[nH]c(c(C)c3CC)c3[nH]c(c(CC)c3C)c3[nH]c2c(C)c3CC)c(C)c1CCC(=O)OO. The first-order valence-electron chi connectivity index (χ1n) is 20.4. The topological polar surface area (TPSA) is 161 Å². The average Bonchev–Trinajstić information content (AvgIpc) is 4.00. The number of aryl methyl sites for hydroxylation is 12. The lowest BCUT2D eigenvalue weighted by molar-refractivity contribution is -0.234. The van der Waals surface area contributed by atoms with E-state index >= 15 is 0 Å². The van der Waals surface area contributed by atoms with Crippen LogP contribution in [0, 0.1) is 41.5 Å². The first kappa shape index (κ1) is 39.1. The Hall–Kier alpha value is -5.19. The van der Waals surface area contributed by atoms with E-state index in [1.54, 1.807) is 0 Å². The predicted octanol–water partition coefficient (Wildman–Crippen LogP) is 10.8. The van der Waals surface area contributed by atoms with Crippen LogP contribution in [-0.2, 0) is 48.2 Å². The van der Waals surface area contributed by atoms with Crippen molar-refractivity contribution >= 4 is 72.2 Å². The van der Waals surface area contributed by atoms with E-state index in [-0.39, 0.29) is 13.0 Å². The normalized spacial score (nSPS) is 11.9. The van der Waals surface area contributed by atoms with Crippen LogP contribution in [0.1, 0.15) is 107 Å². The van der Waals surface area contributed by atoms with E-state index in [0.29, 0.717) is 19.3 Å². The Morgan fingerprint density at radius 2 is 0.839 bits per heavy atom. The van der Waals surface area contributed by atoms with Crippen molar-refractivity contribution in [1.82, 2.24) is 29.9 Å². The highest BCUT2D eigenvalue weighted by atomic mass is 17.1. The summed E-state index contributed by atoms with van der Waals surface area (Å²) in [6, 6.07) is 4.43. The zero-order valence-corrected chi connectivity index (χ0v) is 34.7. The second-order valence-electron chi connectivity index (χ2n) is 15.5. The lowest BCUT2D eigenvalue weighted by atomic mass is 10.0. The number of carbonyl (C=O) groups is 1. The summed E-state index contributed by atoms with van der Waals surface area (Å²) in [6.07, 6.45) is 5.18. The van der Waals surface area contributed by atoms with Gasteiger partial charge in [0, 0.05) is 28.7 Å². The van der Waals surface area contributed by atoms with Crippen LogP contribution in [-0.4, -0.2) is 52.8 Å². The van der Waals surface area contributed by atoms with E-state index in [0.717, 1.165) is 114 Å². The fourth-order valence-electron chi connectivity index (χ4n) is 9.51. The Kier molecular flexibility index (Phi) is 10.7. The highest BCUT2D eigenvalue weighted by molar-refractivity contribution is 5.99. The first-order chi connectivity index (χ1) is 26.9. The van der Waals surface area contributed by atoms with E-state index in [2.05, 4.69) is 116 Å². The van der Waals surface area contributed by atoms with Gasteiger partial charge in [0.05, 0.1) is 50.6 Å². The summed E-state index contributed by atoms with van der Waals surface area (Å²) < 4.78 is 0. The van der Waals surface area contributed by atoms with Gasteiger partial charge < -0.3 is 39.9 Å². The van der Waals surface area contributed by atoms with Gasteiger partial charge in [-0.3, -0.25) is 0 Å². The van der Waals surface area contributed by atoms with Crippen LogP contribution in [0.25, 0.3) is 66.2 Å². The van der Waals surface area contributed by atoms with Crippen molar-refractivity contribution in [2.75, 3.05) is 6.61 Å². The molecule has 0 aromatic carbocycles. The number of aromatic amines is 6. The molecule has 0 fully saturated rings. The molecule has 296 valence electrons. The number of hydrogen-bond acceptors (Lipinski definition) is 4. The highest BCUT2D eigenvalue weighted by Gasteiger charge is 2.21.